The summed E-state index contributed by atoms with van der Waals surface area (Å²) in [4.78, 5) is 0. The Morgan fingerprint density at radius 2 is 2.33 bits per heavy atom. The molecule has 0 unspecified atom stereocenters. The van der Waals surface area contributed by atoms with Crippen LogP contribution in [0.15, 0.2) is 22.8 Å². The van der Waals surface area contributed by atoms with Gasteiger partial charge in [0.05, 0.1) is 6.26 Å². The van der Waals surface area contributed by atoms with Gasteiger partial charge in [0.2, 0.25) is 5.05 Å². The van der Waals surface area contributed by atoms with Gasteiger partial charge in [0.15, 0.2) is 5.76 Å². The summed E-state index contributed by atoms with van der Waals surface area (Å²) in [5, 5.41) is 8.35. The van der Waals surface area contributed by atoms with Gasteiger partial charge in [-0.2, -0.15) is 0 Å². The van der Waals surface area contributed by atoms with Crippen molar-refractivity contribution in [2.45, 2.75) is 0 Å². The number of aliphatic hydroxyl groups is 1. The standard InChI is InChI=1S/C5H4O2S.Na/c6-5(8)4-2-1-3-7-4;/h1-3H,(H,6,8);. The third-order valence-electron chi connectivity index (χ3n) is 0.732. The topological polar surface area (TPSA) is 33.4 Å². The molecule has 0 saturated carbocycles. The average molecular weight is 151 g/mol. The van der Waals surface area contributed by atoms with Crippen LogP contribution in [0.25, 0.3) is 0 Å². The molecular weight excluding hydrogens is 147 g/mol. The number of hydrogen-bond acceptors (Lipinski definition) is 2. The molecule has 0 aliphatic carbocycles. The van der Waals surface area contributed by atoms with Crippen LogP contribution in [-0.2, 0) is 0 Å². The molecule has 1 rings (SSSR count). The van der Waals surface area contributed by atoms with Crippen molar-refractivity contribution in [3.63, 3.8) is 0 Å². The predicted octanol–water partition coefficient (Wildman–Crippen LogP) is 1.13. The Labute approximate surface area is 80.2 Å². The number of hydrogen-bond donors (Lipinski definition) is 1. The van der Waals surface area contributed by atoms with E-state index in [2.05, 4.69) is 12.2 Å². The van der Waals surface area contributed by atoms with Crippen molar-refractivity contribution in [3.8, 4) is 0 Å². The maximum absolute atomic E-state index is 8.55. The molecule has 0 aliphatic heterocycles. The molecule has 4 heteroatoms. The van der Waals surface area contributed by atoms with Crippen molar-refractivity contribution in [1.29, 1.82) is 0 Å². The first-order valence-electron chi connectivity index (χ1n) is 2.07. The monoisotopic (exact) mass is 151 g/mol. The fourth-order valence-electron chi connectivity index (χ4n) is 0.400. The Morgan fingerprint density at radius 1 is 1.67 bits per heavy atom. The first-order valence-corrected chi connectivity index (χ1v) is 2.48. The number of rotatable bonds is 1. The van der Waals surface area contributed by atoms with E-state index in [9.17, 15) is 0 Å². The minimum absolute atomic E-state index is 0. The Balaban J connectivity index is 0.000000640. The Bertz CT molecular complexity index is 183. The van der Waals surface area contributed by atoms with Gasteiger partial charge in [0, 0.05) is 29.6 Å². The van der Waals surface area contributed by atoms with Gasteiger partial charge in [-0.15, -0.1) is 0 Å². The molecule has 0 saturated heterocycles. The smallest absolute Gasteiger partial charge is 0.225 e. The molecular formula is C5H4NaO2S. The van der Waals surface area contributed by atoms with Crippen molar-refractivity contribution >= 4 is 46.8 Å². The molecule has 0 atom stereocenters. The quantitative estimate of drug-likeness (QED) is 0.482. The first-order chi connectivity index (χ1) is 3.80. The second-order valence-electron chi connectivity index (χ2n) is 1.28. The number of thiocarbonyl (C=S) groups is 1. The summed E-state index contributed by atoms with van der Waals surface area (Å²) < 4.78 is 4.70. The van der Waals surface area contributed by atoms with Crippen LogP contribution in [0, 0.1) is 0 Å². The summed E-state index contributed by atoms with van der Waals surface area (Å²) in [7, 11) is 0. The summed E-state index contributed by atoms with van der Waals surface area (Å²) >= 11 is 4.38. The second kappa shape index (κ2) is 4.06. The molecule has 0 spiro atoms. The molecule has 1 heterocycles. The number of aliphatic hydroxyl groups excluding tert-OH is 1. The van der Waals surface area contributed by atoms with Gasteiger partial charge >= 0.3 is 0 Å². The van der Waals surface area contributed by atoms with Gasteiger partial charge in [0.25, 0.3) is 0 Å². The molecule has 0 bridgehead atoms. The molecule has 0 aromatic carbocycles. The van der Waals surface area contributed by atoms with Crippen molar-refractivity contribution in [1.82, 2.24) is 0 Å². The fraction of sp³-hybridized carbons (Fsp3) is 0. The molecule has 2 nitrogen and oxygen atoms in total. The Morgan fingerprint density at radius 3 is 2.56 bits per heavy atom. The molecule has 1 aromatic heterocycles. The van der Waals surface area contributed by atoms with E-state index >= 15 is 0 Å². The molecule has 1 N–H and O–H groups in total. The molecule has 1 radical (unpaired) electrons. The van der Waals surface area contributed by atoms with Crippen LogP contribution in [-0.4, -0.2) is 39.7 Å². The molecule has 9 heavy (non-hydrogen) atoms. The third-order valence-corrected chi connectivity index (χ3v) is 0.933. The molecule has 1 aromatic rings. The second-order valence-corrected chi connectivity index (χ2v) is 1.67. The zero-order valence-electron chi connectivity index (χ0n) is 5.00. The van der Waals surface area contributed by atoms with E-state index in [1.165, 1.54) is 6.26 Å². The van der Waals surface area contributed by atoms with Crippen LogP contribution in [0.1, 0.15) is 5.76 Å². The largest absolute Gasteiger partial charge is 0.496 e. The van der Waals surface area contributed by atoms with Gasteiger partial charge in [-0.1, -0.05) is 0 Å². The maximum atomic E-state index is 8.55. The Hall–Kier alpha value is 0.170. The van der Waals surface area contributed by atoms with Crippen LogP contribution in [0.5, 0.6) is 0 Å². The Kier molecular flexibility index (Phi) is 4.14. The fourth-order valence-corrected chi connectivity index (χ4v) is 0.516. The van der Waals surface area contributed by atoms with Crippen molar-refractivity contribution in [3.05, 3.63) is 24.2 Å². The van der Waals surface area contributed by atoms with E-state index in [-0.39, 0.29) is 34.6 Å². The first kappa shape index (κ1) is 9.17. The van der Waals surface area contributed by atoms with E-state index in [0.29, 0.717) is 5.76 Å². The van der Waals surface area contributed by atoms with E-state index in [4.69, 9.17) is 9.52 Å². The molecule has 0 fully saturated rings. The van der Waals surface area contributed by atoms with Crippen LogP contribution in [0.3, 0.4) is 0 Å². The van der Waals surface area contributed by atoms with Gasteiger partial charge < -0.3 is 9.52 Å². The predicted molar refractivity (Wildman–Crippen MR) is 38.8 cm³/mol. The van der Waals surface area contributed by atoms with Crippen LogP contribution in [0.2, 0.25) is 0 Å². The molecule has 0 amide bonds. The van der Waals surface area contributed by atoms with Crippen LogP contribution in [0.4, 0.5) is 0 Å². The molecule has 43 valence electrons. The van der Waals surface area contributed by atoms with Gasteiger partial charge in [-0.05, 0) is 24.4 Å². The normalized spacial score (nSPS) is 8.00. The van der Waals surface area contributed by atoms with E-state index in [1.807, 2.05) is 0 Å². The van der Waals surface area contributed by atoms with E-state index < -0.39 is 0 Å². The van der Waals surface area contributed by atoms with Crippen molar-refractivity contribution in [2.75, 3.05) is 0 Å². The van der Waals surface area contributed by atoms with Crippen molar-refractivity contribution < 1.29 is 9.52 Å². The zero-order chi connectivity index (χ0) is 5.98. The summed E-state index contributed by atoms with van der Waals surface area (Å²) in [6.07, 6.45) is 1.46. The van der Waals surface area contributed by atoms with Gasteiger partial charge in [-0.3, -0.25) is 0 Å². The van der Waals surface area contributed by atoms with Crippen molar-refractivity contribution in [2.24, 2.45) is 0 Å². The summed E-state index contributed by atoms with van der Waals surface area (Å²) in [5.74, 6) is 0.347. The third kappa shape index (κ3) is 2.49. The van der Waals surface area contributed by atoms with E-state index in [1.54, 1.807) is 12.1 Å². The summed E-state index contributed by atoms with van der Waals surface area (Å²) in [6.45, 7) is 0. The number of furan rings is 1. The van der Waals surface area contributed by atoms with E-state index in [0.717, 1.165) is 0 Å². The SMILES string of the molecule is OC(=S)c1ccco1.[Na]. The zero-order valence-corrected chi connectivity index (χ0v) is 7.81. The van der Waals surface area contributed by atoms with Crippen LogP contribution >= 0.6 is 12.2 Å². The minimum Gasteiger partial charge on any atom is -0.496 e. The summed E-state index contributed by atoms with van der Waals surface area (Å²) in [6, 6.07) is 3.26. The summed E-state index contributed by atoms with van der Waals surface area (Å²) in [5.41, 5.74) is 0. The minimum atomic E-state index is -0.199. The van der Waals surface area contributed by atoms with Gasteiger partial charge in [0.1, 0.15) is 0 Å². The van der Waals surface area contributed by atoms with Gasteiger partial charge in [-0.25, -0.2) is 0 Å². The average Bonchev–Trinajstić information content (AvgIpc) is 2.12. The van der Waals surface area contributed by atoms with Crippen LogP contribution < -0.4 is 0 Å². The molecule has 0 aliphatic rings. The maximum Gasteiger partial charge on any atom is 0.225 e.